The molecule has 4 rings (SSSR count). The van der Waals surface area contributed by atoms with Gasteiger partial charge in [0, 0.05) is 12.0 Å². The van der Waals surface area contributed by atoms with Crippen LogP contribution in [-0.2, 0) is 11.2 Å². The first kappa shape index (κ1) is 15.4. The molecule has 2 aliphatic carbocycles. The summed E-state index contributed by atoms with van der Waals surface area (Å²) in [5.74, 6) is 1.78. The Labute approximate surface area is 141 Å². The summed E-state index contributed by atoms with van der Waals surface area (Å²) in [6.45, 7) is 1.81. The molecule has 24 heavy (non-hydrogen) atoms. The monoisotopic (exact) mass is 325 g/mol. The number of carbonyl (C=O) groups is 1. The maximum atomic E-state index is 12.5. The van der Waals surface area contributed by atoms with Gasteiger partial charge in [-0.1, -0.05) is 53.5 Å². The minimum absolute atomic E-state index is 0.0174. The van der Waals surface area contributed by atoms with Gasteiger partial charge in [-0.2, -0.15) is 0 Å². The fraction of sp³-hybridized carbons (Fsp3) is 0.526. The van der Waals surface area contributed by atoms with Crippen molar-refractivity contribution in [2.24, 2.45) is 11.8 Å². The number of fused-ring (bicyclic) bond motifs is 1. The van der Waals surface area contributed by atoms with Gasteiger partial charge in [0.1, 0.15) is 11.4 Å². The van der Waals surface area contributed by atoms with Crippen LogP contribution in [0.15, 0.2) is 35.0 Å². The van der Waals surface area contributed by atoms with E-state index >= 15 is 0 Å². The van der Waals surface area contributed by atoms with Crippen LogP contribution in [0, 0.1) is 18.8 Å². The predicted molar refractivity (Wildman–Crippen MR) is 89.3 cm³/mol. The number of nitrogens with one attached hydrogen (secondary N) is 1. The topological polar surface area (TPSA) is 68.0 Å². The molecule has 0 bridgehead atoms. The number of hydrogen-bond acceptors (Lipinski definition) is 4. The van der Waals surface area contributed by atoms with E-state index in [2.05, 4.69) is 50.6 Å². The molecule has 126 valence electrons. The van der Waals surface area contributed by atoms with E-state index in [0.29, 0.717) is 29.1 Å². The number of rotatable bonds is 4. The molecule has 1 heterocycles. The first-order chi connectivity index (χ1) is 11.7. The summed E-state index contributed by atoms with van der Waals surface area (Å²) in [6, 6.07) is 10.9. The van der Waals surface area contributed by atoms with Crippen LogP contribution in [0.4, 0.5) is 0 Å². The van der Waals surface area contributed by atoms with Gasteiger partial charge in [0.25, 0.3) is 0 Å². The van der Waals surface area contributed by atoms with Gasteiger partial charge in [0.15, 0.2) is 0 Å². The molecule has 1 N–H and O–H groups in total. The third-order valence-electron chi connectivity index (χ3n) is 5.77. The molecule has 5 heteroatoms. The van der Waals surface area contributed by atoms with Crippen molar-refractivity contribution < 1.29 is 9.42 Å². The van der Waals surface area contributed by atoms with E-state index in [1.165, 1.54) is 31.2 Å². The van der Waals surface area contributed by atoms with Crippen molar-refractivity contribution in [1.82, 2.24) is 15.6 Å². The van der Waals surface area contributed by atoms with Gasteiger partial charge in [-0.15, -0.1) is 0 Å². The second-order valence-electron chi connectivity index (χ2n) is 7.12. The summed E-state index contributed by atoms with van der Waals surface area (Å²) < 4.78 is 4.69. The van der Waals surface area contributed by atoms with Crippen molar-refractivity contribution >= 4 is 5.91 Å². The second-order valence-corrected chi connectivity index (χ2v) is 7.12. The summed E-state index contributed by atoms with van der Waals surface area (Å²) in [7, 11) is 0. The molecular weight excluding hydrogens is 302 g/mol. The molecule has 2 saturated carbocycles. The van der Waals surface area contributed by atoms with Crippen molar-refractivity contribution in [2.45, 2.75) is 51.0 Å². The first-order valence-electron chi connectivity index (χ1n) is 8.86. The van der Waals surface area contributed by atoms with Crippen molar-refractivity contribution in [3.05, 3.63) is 47.3 Å². The van der Waals surface area contributed by atoms with Gasteiger partial charge >= 0.3 is 0 Å². The molecule has 0 unspecified atom stereocenters. The zero-order chi connectivity index (χ0) is 16.5. The Morgan fingerprint density at radius 2 is 1.92 bits per heavy atom. The standard InChI is InChI=1S/C19H23N3O2/c1-12-16(22-24-21-12)11-17(23)20-19-15-10-6-5-9-14(15)18(19)13-7-3-2-4-8-13/h2-4,7-8,14-15,18-19H,5-6,9-11H2,1H3,(H,20,23)/t14-,15+,18+,19+/m1/s1. The molecule has 0 radical (unpaired) electrons. The highest BCUT2D eigenvalue weighted by Gasteiger charge is 2.51. The highest BCUT2D eigenvalue weighted by molar-refractivity contribution is 5.79. The van der Waals surface area contributed by atoms with Crippen molar-refractivity contribution in [2.75, 3.05) is 0 Å². The van der Waals surface area contributed by atoms with Crippen LogP contribution in [0.25, 0.3) is 0 Å². The Hall–Kier alpha value is -2.17. The van der Waals surface area contributed by atoms with Crippen LogP contribution in [0.3, 0.4) is 0 Å². The maximum absolute atomic E-state index is 12.5. The van der Waals surface area contributed by atoms with E-state index in [1.54, 1.807) is 0 Å². The summed E-state index contributed by atoms with van der Waals surface area (Å²) in [6.07, 6.45) is 5.34. The van der Waals surface area contributed by atoms with Gasteiger partial charge in [-0.05, 0) is 37.2 Å². The number of aryl methyl sites for hydroxylation is 1. The molecule has 1 amide bonds. The number of carbonyl (C=O) groups excluding carboxylic acids is 1. The predicted octanol–water partition coefficient (Wildman–Crippen LogP) is 3.01. The number of benzene rings is 1. The number of amides is 1. The van der Waals surface area contributed by atoms with Crippen LogP contribution in [0.2, 0.25) is 0 Å². The van der Waals surface area contributed by atoms with E-state index in [1.807, 2.05) is 6.92 Å². The average Bonchev–Trinajstić information content (AvgIpc) is 2.99. The normalized spacial score (nSPS) is 28.7. The van der Waals surface area contributed by atoms with Crippen LogP contribution in [0.1, 0.15) is 48.6 Å². The molecule has 1 aromatic heterocycles. The Morgan fingerprint density at radius 3 is 2.62 bits per heavy atom. The van der Waals surface area contributed by atoms with Gasteiger partial charge < -0.3 is 5.32 Å². The maximum Gasteiger partial charge on any atom is 0.226 e. The number of hydrogen-bond donors (Lipinski definition) is 1. The zero-order valence-corrected chi connectivity index (χ0v) is 13.9. The van der Waals surface area contributed by atoms with Crippen molar-refractivity contribution in [1.29, 1.82) is 0 Å². The minimum Gasteiger partial charge on any atom is -0.352 e. The molecule has 0 aliphatic heterocycles. The third-order valence-corrected chi connectivity index (χ3v) is 5.77. The third kappa shape index (κ3) is 2.72. The lowest BCUT2D eigenvalue weighted by Crippen LogP contribution is -2.59. The molecule has 4 atom stereocenters. The minimum atomic E-state index is 0.0174. The highest BCUT2D eigenvalue weighted by atomic mass is 16.6. The highest BCUT2D eigenvalue weighted by Crippen LogP contribution is 2.54. The fourth-order valence-electron chi connectivity index (χ4n) is 4.59. The van der Waals surface area contributed by atoms with Gasteiger partial charge in [0.05, 0.1) is 6.42 Å². The van der Waals surface area contributed by atoms with Crippen LogP contribution >= 0.6 is 0 Å². The molecule has 2 aromatic rings. The van der Waals surface area contributed by atoms with Crippen molar-refractivity contribution in [3.8, 4) is 0 Å². The Bertz CT molecular complexity index is 712. The Morgan fingerprint density at radius 1 is 1.17 bits per heavy atom. The molecule has 1 aromatic carbocycles. The largest absolute Gasteiger partial charge is 0.352 e. The molecular formula is C19H23N3O2. The lowest BCUT2D eigenvalue weighted by atomic mass is 9.53. The van der Waals surface area contributed by atoms with Gasteiger partial charge in [0.2, 0.25) is 5.91 Å². The number of nitrogens with zero attached hydrogens (tertiary/aromatic N) is 2. The Balaban J connectivity index is 1.49. The van der Waals surface area contributed by atoms with Gasteiger partial charge in [-0.3, -0.25) is 4.79 Å². The summed E-state index contributed by atoms with van der Waals surface area (Å²) in [4.78, 5) is 12.5. The molecule has 5 nitrogen and oxygen atoms in total. The van der Waals surface area contributed by atoms with Crippen molar-refractivity contribution in [3.63, 3.8) is 0 Å². The summed E-state index contributed by atoms with van der Waals surface area (Å²) in [5.41, 5.74) is 2.67. The lowest BCUT2D eigenvalue weighted by Gasteiger charge is -2.55. The molecule has 2 fully saturated rings. The molecule has 0 spiro atoms. The van der Waals surface area contributed by atoms with Gasteiger partial charge in [-0.25, -0.2) is 4.63 Å². The van der Waals surface area contributed by atoms with E-state index in [0.717, 1.165) is 0 Å². The number of aromatic nitrogens is 2. The fourth-order valence-corrected chi connectivity index (χ4v) is 4.59. The first-order valence-corrected chi connectivity index (χ1v) is 8.86. The van der Waals surface area contributed by atoms with E-state index in [4.69, 9.17) is 0 Å². The summed E-state index contributed by atoms with van der Waals surface area (Å²) in [5, 5.41) is 10.8. The SMILES string of the molecule is Cc1nonc1CC(=O)N[C@H]1[C@H]2CCCC[C@H]2[C@@H]1c1ccccc1. The Kier molecular flexibility index (Phi) is 4.08. The van der Waals surface area contributed by atoms with Crippen LogP contribution in [0.5, 0.6) is 0 Å². The van der Waals surface area contributed by atoms with E-state index < -0.39 is 0 Å². The van der Waals surface area contributed by atoms with E-state index in [-0.39, 0.29) is 18.4 Å². The molecule has 0 saturated heterocycles. The smallest absolute Gasteiger partial charge is 0.226 e. The lowest BCUT2D eigenvalue weighted by molar-refractivity contribution is -0.124. The second kappa shape index (κ2) is 6.38. The van der Waals surface area contributed by atoms with Crippen LogP contribution in [-0.4, -0.2) is 22.3 Å². The zero-order valence-electron chi connectivity index (χ0n) is 13.9. The van der Waals surface area contributed by atoms with Crippen LogP contribution < -0.4 is 5.32 Å². The average molecular weight is 325 g/mol. The quantitative estimate of drug-likeness (QED) is 0.938. The van der Waals surface area contributed by atoms with E-state index in [9.17, 15) is 4.79 Å². The summed E-state index contributed by atoms with van der Waals surface area (Å²) >= 11 is 0. The molecule has 2 aliphatic rings.